The van der Waals surface area contributed by atoms with Gasteiger partial charge in [0, 0.05) is 17.3 Å². The summed E-state index contributed by atoms with van der Waals surface area (Å²) in [6.07, 6.45) is 1.97. The molecule has 0 bridgehead atoms. The van der Waals surface area contributed by atoms with E-state index in [0.717, 1.165) is 37.3 Å². The maximum atomic E-state index is 12.9. The molecule has 0 N–H and O–H groups in total. The minimum absolute atomic E-state index is 0.111. The molecule has 1 atom stereocenters. The predicted molar refractivity (Wildman–Crippen MR) is 122 cm³/mol. The average Bonchev–Trinajstić information content (AvgIpc) is 3.29. The highest BCUT2D eigenvalue weighted by molar-refractivity contribution is 5.74. The zero-order chi connectivity index (χ0) is 25.0. The van der Waals surface area contributed by atoms with Crippen LogP contribution >= 0.6 is 0 Å². The van der Waals surface area contributed by atoms with Crippen LogP contribution in [0.2, 0.25) is 0 Å². The van der Waals surface area contributed by atoms with Crippen molar-refractivity contribution in [3.8, 4) is 28.5 Å². The maximum Gasteiger partial charge on any atom is 0.433 e. The Morgan fingerprint density at radius 1 is 1.09 bits per heavy atom. The van der Waals surface area contributed by atoms with E-state index in [1.165, 1.54) is 23.5 Å². The van der Waals surface area contributed by atoms with E-state index in [-0.39, 0.29) is 18.6 Å². The molecular formula is C25H26F3N5O2. The maximum absolute atomic E-state index is 12.9. The molecule has 0 amide bonds. The third-order valence-electron chi connectivity index (χ3n) is 5.96. The number of alkyl halides is 3. The molecule has 3 aromatic rings. The second-order valence-electron chi connectivity index (χ2n) is 8.66. The number of hydrogen-bond donors (Lipinski definition) is 0. The Kier molecular flexibility index (Phi) is 7.48. The summed E-state index contributed by atoms with van der Waals surface area (Å²) in [6, 6.07) is 9.81. The number of halogens is 3. The van der Waals surface area contributed by atoms with Crippen LogP contribution in [0.5, 0.6) is 0 Å². The molecule has 0 radical (unpaired) electrons. The van der Waals surface area contributed by atoms with Crippen LogP contribution in [-0.2, 0) is 15.7 Å². The summed E-state index contributed by atoms with van der Waals surface area (Å²) < 4.78 is 50.1. The number of nitrogens with zero attached hydrogens (tertiary/aromatic N) is 5. The summed E-state index contributed by atoms with van der Waals surface area (Å²) >= 11 is 0. The van der Waals surface area contributed by atoms with E-state index >= 15 is 0 Å². The highest BCUT2D eigenvalue weighted by atomic mass is 19.4. The SMILES string of the molecule is Cc1cc(-c2ccc(C(F)(F)F)nc2)cc(-c2nn(C(C)OCOC3CCCCC3)nc2C#N)c1. The van der Waals surface area contributed by atoms with E-state index < -0.39 is 18.1 Å². The standard InChI is InChI=1S/C25H26F3N5O2/c1-16-10-19(18-8-9-23(30-14-18)25(26,27)28)12-20(11-16)24-22(13-29)31-33(32-24)17(2)34-15-35-21-6-4-3-5-7-21/h8-12,14,17,21H,3-7,15H2,1-2H3. The van der Waals surface area contributed by atoms with Crippen molar-refractivity contribution in [2.75, 3.05) is 6.79 Å². The summed E-state index contributed by atoms with van der Waals surface area (Å²) in [4.78, 5) is 4.88. The lowest BCUT2D eigenvalue weighted by atomic mass is 9.98. The van der Waals surface area contributed by atoms with Crippen molar-refractivity contribution in [3.63, 3.8) is 0 Å². The summed E-state index contributed by atoms with van der Waals surface area (Å²) in [5.74, 6) is 0. The van der Waals surface area contributed by atoms with Gasteiger partial charge >= 0.3 is 6.18 Å². The fourth-order valence-electron chi connectivity index (χ4n) is 4.11. The first-order valence-electron chi connectivity index (χ1n) is 11.5. The molecule has 7 nitrogen and oxygen atoms in total. The molecular weight excluding hydrogens is 459 g/mol. The number of benzene rings is 1. The molecule has 1 aromatic carbocycles. The van der Waals surface area contributed by atoms with E-state index in [1.54, 1.807) is 13.0 Å². The smallest absolute Gasteiger partial charge is 0.352 e. The molecule has 1 fully saturated rings. The lowest BCUT2D eigenvalue weighted by molar-refractivity contribution is -0.145. The quantitative estimate of drug-likeness (QED) is 0.379. The van der Waals surface area contributed by atoms with Crippen molar-refractivity contribution in [1.82, 2.24) is 20.0 Å². The number of rotatable bonds is 7. The zero-order valence-electron chi connectivity index (χ0n) is 19.5. The van der Waals surface area contributed by atoms with Crippen LogP contribution in [0.1, 0.15) is 62.2 Å². The van der Waals surface area contributed by atoms with Crippen molar-refractivity contribution in [2.45, 2.75) is 64.5 Å². The molecule has 35 heavy (non-hydrogen) atoms. The van der Waals surface area contributed by atoms with Gasteiger partial charge in [0.25, 0.3) is 0 Å². The van der Waals surface area contributed by atoms with Crippen molar-refractivity contribution < 1.29 is 22.6 Å². The van der Waals surface area contributed by atoms with Crippen LogP contribution in [0.3, 0.4) is 0 Å². The summed E-state index contributed by atoms with van der Waals surface area (Å²) in [5.41, 5.74) is 2.17. The van der Waals surface area contributed by atoms with Gasteiger partial charge in [-0.05, 0) is 56.0 Å². The van der Waals surface area contributed by atoms with E-state index in [9.17, 15) is 18.4 Å². The normalized spacial score (nSPS) is 15.7. The topological polar surface area (TPSA) is 85.8 Å². The lowest BCUT2D eigenvalue weighted by Gasteiger charge is -2.22. The second kappa shape index (κ2) is 10.5. The molecule has 184 valence electrons. The Labute approximate surface area is 201 Å². The number of aromatic nitrogens is 4. The molecule has 1 aliphatic rings. The number of nitriles is 1. The third kappa shape index (κ3) is 6.05. The van der Waals surface area contributed by atoms with Gasteiger partial charge in [0.2, 0.25) is 0 Å². The minimum Gasteiger partial charge on any atom is -0.352 e. The van der Waals surface area contributed by atoms with Gasteiger partial charge in [-0.1, -0.05) is 31.4 Å². The van der Waals surface area contributed by atoms with Gasteiger partial charge in [-0.2, -0.15) is 23.2 Å². The molecule has 0 aliphatic heterocycles. The van der Waals surface area contributed by atoms with Gasteiger partial charge in [-0.15, -0.1) is 10.2 Å². The van der Waals surface area contributed by atoms with Gasteiger partial charge in [0.1, 0.15) is 24.3 Å². The highest BCUT2D eigenvalue weighted by Crippen LogP contribution is 2.32. The predicted octanol–water partition coefficient (Wildman–Crippen LogP) is 6.05. The largest absolute Gasteiger partial charge is 0.433 e. The first kappa shape index (κ1) is 24.8. The molecule has 10 heteroatoms. The van der Waals surface area contributed by atoms with Gasteiger partial charge in [-0.3, -0.25) is 4.98 Å². The molecule has 1 aliphatic carbocycles. The van der Waals surface area contributed by atoms with Crippen LogP contribution in [0, 0.1) is 18.3 Å². The number of ether oxygens (including phenoxy) is 2. The Morgan fingerprint density at radius 2 is 1.83 bits per heavy atom. The highest BCUT2D eigenvalue weighted by Gasteiger charge is 2.32. The Morgan fingerprint density at radius 3 is 2.49 bits per heavy atom. The molecule has 4 rings (SSSR count). The van der Waals surface area contributed by atoms with E-state index in [0.29, 0.717) is 22.4 Å². The average molecular weight is 486 g/mol. The Bertz CT molecular complexity index is 1200. The van der Waals surface area contributed by atoms with Crippen LogP contribution in [0.25, 0.3) is 22.4 Å². The fourth-order valence-corrected chi connectivity index (χ4v) is 4.11. The summed E-state index contributed by atoms with van der Waals surface area (Å²) in [5, 5.41) is 18.4. The molecule has 0 saturated heterocycles. The first-order valence-corrected chi connectivity index (χ1v) is 11.5. The molecule has 2 aromatic heterocycles. The lowest BCUT2D eigenvalue weighted by Crippen LogP contribution is -2.21. The van der Waals surface area contributed by atoms with Crippen molar-refractivity contribution in [2.24, 2.45) is 0 Å². The van der Waals surface area contributed by atoms with Gasteiger partial charge in [0.15, 0.2) is 11.9 Å². The fraction of sp³-hybridized carbons (Fsp3) is 0.440. The number of aryl methyl sites for hydroxylation is 1. The third-order valence-corrected chi connectivity index (χ3v) is 5.96. The summed E-state index contributed by atoms with van der Waals surface area (Å²) in [6.45, 7) is 3.74. The molecule has 1 unspecified atom stereocenters. The zero-order valence-corrected chi connectivity index (χ0v) is 19.5. The first-order chi connectivity index (χ1) is 16.7. The summed E-state index contributed by atoms with van der Waals surface area (Å²) in [7, 11) is 0. The van der Waals surface area contributed by atoms with Crippen LogP contribution in [0.15, 0.2) is 36.5 Å². The number of hydrogen-bond acceptors (Lipinski definition) is 6. The Balaban J connectivity index is 1.53. The van der Waals surface area contributed by atoms with E-state index in [1.807, 2.05) is 19.1 Å². The van der Waals surface area contributed by atoms with Gasteiger partial charge in [-0.25, -0.2) is 0 Å². The number of pyridine rings is 1. The van der Waals surface area contributed by atoms with Gasteiger partial charge in [0.05, 0.1) is 6.10 Å². The second-order valence-corrected chi connectivity index (χ2v) is 8.66. The van der Waals surface area contributed by atoms with Crippen LogP contribution in [-0.4, -0.2) is 32.9 Å². The van der Waals surface area contributed by atoms with Crippen LogP contribution < -0.4 is 0 Å². The monoisotopic (exact) mass is 485 g/mol. The van der Waals surface area contributed by atoms with Crippen LogP contribution in [0.4, 0.5) is 13.2 Å². The molecule has 1 saturated carbocycles. The minimum atomic E-state index is -4.50. The van der Waals surface area contributed by atoms with E-state index in [2.05, 4.69) is 21.3 Å². The Hall–Kier alpha value is -3.29. The molecule has 0 spiro atoms. The van der Waals surface area contributed by atoms with E-state index in [4.69, 9.17) is 9.47 Å². The van der Waals surface area contributed by atoms with Gasteiger partial charge < -0.3 is 9.47 Å². The van der Waals surface area contributed by atoms with Crippen molar-refractivity contribution >= 4 is 0 Å². The van der Waals surface area contributed by atoms with Crippen molar-refractivity contribution in [1.29, 1.82) is 5.26 Å². The van der Waals surface area contributed by atoms with Crippen molar-refractivity contribution in [3.05, 3.63) is 53.5 Å². The molecule has 2 heterocycles.